The Hall–Kier alpha value is -1.69. The smallest absolute Gasteiger partial charge is 0.313 e. The highest BCUT2D eigenvalue weighted by Crippen LogP contribution is 2.52. The lowest BCUT2D eigenvalue weighted by Crippen LogP contribution is -2.20. The van der Waals surface area contributed by atoms with Crippen LogP contribution in [0, 0.1) is 15.9 Å². The maximum atomic E-state index is 13.2. The van der Waals surface area contributed by atoms with E-state index in [0.717, 1.165) is 18.9 Å². The predicted octanol–water partition coefficient (Wildman–Crippen LogP) is 1.43. The molecule has 0 radical (unpaired) electrons. The van der Waals surface area contributed by atoms with Crippen LogP contribution in [-0.2, 0) is 5.41 Å². The largest absolute Gasteiger partial charge is 0.502 e. The summed E-state index contributed by atoms with van der Waals surface area (Å²) in [5, 5.41) is 20.3. The zero-order chi connectivity index (χ0) is 11.9. The number of hydrogen-bond acceptors (Lipinski definition) is 4. The van der Waals surface area contributed by atoms with Gasteiger partial charge in [-0.2, -0.15) is 0 Å². The number of nitro groups is 1. The monoisotopic (exact) mass is 226 g/mol. The van der Waals surface area contributed by atoms with E-state index in [2.05, 4.69) is 0 Å². The van der Waals surface area contributed by atoms with Crippen molar-refractivity contribution in [3.05, 3.63) is 33.6 Å². The van der Waals surface area contributed by atoms with E-state index in [0.29, 0.717) is 6.07 Å². The van der Waals surface area contributed by atoms with E-state index in [-0.39, 0.29) is 12.1 Å². The van der Waals surface area contributed by atoms with E-state index >= 15 is 0 Å². The van der Waals surface area contributed by atoms with Crippen molar-refractivity contribution in [3.8, 4) is 5.75 Å². The number of nitrogens with two attached hydrogens (primary N) is 1. The molecule has 0 unspecified atom stereocenters. The predicted molar refractivity (Wildman–Crippen MR) is 54.7 cm³/mol. The topological polar surface area (TPSA) is 89.4 Å². The van der Waals surface area contributed by atoms with E-state index in [1.54, 1.807) is 0 Å². The number of hydrogen-bond donors (Lipinski definition) is 2. The second-order valence-corrected chi connectivity index (χ2v) is 4.06. The Balaban J connectivity index is 2.58. The van der Waals surface area contributed by atoms with E-state index < -0.39 is 27.6 Å². The fourth-order valence-electron chi connectivity index (χ4n) is 1.86. The van der Waals surface area contributed by atoms with Gasteiger partial charge in [0.15, 0.2) is 5.75 Å². The molecule has 1 fully saturated rings. The Morgan fingerprint density at radius 2 is 2.19 bits per heavy atom. The lowest BCUT2D eigenvalue weighted by molar-refractivity contribution is -0.386. The molecule has 0 saturated heterocycles. The normalized spacial score (nSPS) is 17.1. The fourth-order valence-corrected chi connectivity index (χ4v) is 1.86. The molecular formula is C10H11FN2O3. The number of phenolic OH excluding ortho intramolecular Hbond substituents is 1. The van der Waals surface area contributed by atoms with Gasteiger partial charge in [0.1, 0.15) is 5.82 Å². The molecule has 1 aliphatic carbocycles. The molecule has 0 amide bonds. The van der Waals surface area contributed by atoms with Gasteiger partial charge in [-0.1, -0.05) is 0 Å². The van der Waals surface area contributed by atoms with Crippen molar-refractivity contribution in [3.63, 3.8) is 0 Å². The molecule has 5 nitrogen and oxygen atoms in total. The summed E-state index contributed by atoms with van der Waals surface area (Å²) in [7, 11) is 0. The maximum Gasteiger partial charge on any atom is 0.313 e. The molecule has 3 N–H and O–H groups in total. The molecule has 1 aliphatic rings. The van der Waals surface area contributed by atoms with Gasteiger partial charge in [-0.05, 0) is 18.9 Å². The average molecular weight is 226 g/mol. The van der Waals surface area contributed by atoms with Crippen molar-refractivity contribution in [1.82, 2.24) is 0 Å². The van der Waals surface area contributed by atoms with Crippen molar-refractivity contribution < 1.29 is 14.4 Å². The first-order chi connectivity index (χ1) is 7.50. The van der Waals surface area contributed by atoms with Gasteiger partial charge in [0.2, 0.25) is 0 Å². The van der Waals surface area contributed by atoms with Gasteiger partial charge in [-0.3, -0.25) is 10.1 Å². The van der Waals surface area contributed by atoms with E-state index in [4.69, 9.17) is 5.73 Å². The highest BCUT2D eigenvalue weighted by Gasteiger charge is 2.46. The quantitative estimate of drug-likeness (QED) is 0.602. The van der Waals surface area contributed by atoms with Crippen LogP contribution in [0.1, 0.15) is 18.4 Å². The van der Waals surface area contributed by atoms with Gasteiger partial charge in [-0.25, -0.2) is 4.39 Å². The molecule has 0 aromatic heterocycles. The molecule has 6 heteroatoms. The van der Waals surface area contributed by atoms with Crippen molar-refractivity contribution in [2.45, 2.75) is 18.3 Å². The minimum Gasteiger partial charge on any atom is -0.502 e. The third kappa shape index (κ3) is 1.51. The van der Waals surface area contributed by atoms with Gasteiger partial charge in [0.25, 0.3) is 0 Å². The molecule has 0 atom stereocenters. The number of benzene rings is 1. The minimum atomic E-state index is -0.797. The van der Waals surface area contributed by atoms with Crippen molar-refractivity contribution >= 4 is 5.69 Å². The van der Waals surface area contributed by atoms with E-state index in [1.807, 2.05) is 0 Å². The van der Waals surface area contributed by atoms with Gasteiger partial charge >= 0.3 is 5.69 Å². The summed E-state index contributed by atoms with van der Waals surface area (Å²) in [5.41, 5.74) is 4.72. The summed E-state index contributed by atoms with van der Waals surface area (Å²) >= 11 is 0. The molecule has 0 bridgehead atoms. The second-order valence-electron chi connectivity index (χ2n) is 4.06. The average Bonchev–Trinajstić information content (AvgIpc) is 3.01. The molecule has 0 spiro atoms. The Bertz CT molecular complexity index is 458. The number of rotatable bonds is 3. The summed E-state index contributed by atoms with van der Waals surface area (Å²) in [5.74, 6) is -1.19. The Labute approximate surface area is 90.8 Å². The molecule has 0 heterocycles. The summed E-state index contributed by atoms with van der Waals surface area (Å²) in [6.07, 6.45) is 1.44. The SMILES string of the molecule is NCC1(c2cc(F)cc([N+](=O)[O-])c2O)CC1. The Morgan fingerprint density at radius 1 is 1.56 bits per heavy atom. The van der Waals surface area contributed by atoms with Gasteiger partial charge in [-0.15, -0.1) is 0 Å². The molecule has 0 aliphatic heterocycles. The third-order valence-electron chi connectivity index (χ3n) is 3.07. The number of aromatic hydroxyl groups is 1. The van der Waals surface area contributed by atoms with Crippen LogP contribution in [0.15, 0.2) is 12.1 Å². The number of phenols is 1. The molecule has 1 aromatic rings. The summed E-state index contributed by atoms with van der Waals surface area (Å²) < 4.78 is 13.2. The van der Waals surface area contributed by atoms with Crippen LogP contribution in [0.25, 0.3) is 0 Å². The van der Waals surface area contributed by atoms with E-state index in [9.17, 15) is 19.6 Å². The van der Waals surface area contributed by atoms with Gasteiger partial charge < -0.3 is 10.8 Å². The fraction of sp³-hybridized carbons (Fsp3) is 0.400. The first-order valence-corrected chi connectivity index (χ1v) is 4.87. The van der Waals surface area contributed by atoms with Crippen LogP contribution in [-0.4, -0.2) is 16.6 Å². The zero-order valence-electron chi connectivity index (χ0n) is 8.44. The number of halogens is 1. The highest BCUT2D eigenvalue weighted by molar-refractivity contribution is 5.55. The van der Waals surface area contributed by atoms with Crippen LogP contribution in [0.5, 0.6) is 5.75 Å². The minimum absolute atomic E-state index is 0.251. The zero-order valence-corrected chi connectivity index (χ0v) is 8.44. The highest BCUT2D eigenvalue weighted by atomic mass is 19.1. The van der Waals surface area contributed by atoms with Crippen molar-refractivity contribution in [2.24, 2.45) is 5.73 Å². The summed E-state index contributed by atoms with van der Waals surface area (Å²) in [4.78, 5) is 9.81. The van der Waals surface area contributed by atoms with Crippen molar-refractivity contribution in [1.29, 1.82) is 0 Å². The molecule has 16 heavy (non-hydrogen) atoms. The molecule has 2 rings (SSSR count). The first kappa shape index (κ1) is 10.8. The summed E-state index contributed by atoms with van der Waals surface area (Å²) in [6.45, 7) is 0.251. The molecule has 1 saturated carbocycles. The first-order valence-electron chi connectivity index (χ1n) is 4.87. The number of nitrogens with zero attached hydrogens (tertiary/aromatic N) is 1. The Morgan fingerprint density at radius 3 is 2.62 bits per heavy atom. The maximum absolute atomic E-state index is 13.2. The lowest BCUT2D eigenvalue weighted by atomic mass is 9.94. The molecular weight excluding hydrogens is 215 g/mol. The number of nitro benzene ring substituents is 1. The van der Waals surface area contributed by atoms with Crippen LogP contribution in [0.4, 0.5) is 10.1 Å². The second kappa shape index (κ2) is 3.41. The van der Waals surface area contributed by atoms with Gasteiger partial charge in [0.05, 0.1) is 11.0 Å². The van der Waals surface area contributed by atoms with Crippen LogP contribution in [0.2, 0.25) is 0 Å². The van der Waals surface area contributed by atoms with Crippen molar-refractivity contribution in [2.75, 3.05) is 6.54 Å². The third-order valence-corrected chi connectivity index (χ3v) is 3.07. The standard InChI is InChI=1S/C10H11FN2O3/c11-6-3-7(10(5-12)1-2-10)9(14)8(4-6)13(15)16/h3-4,14H,1-2,5,12H2. The van der Waals surface area contributed by atoms with Gasteiger partial charge in [0, 0.05) is 17.5 Å². The van der Waals surface area contributed by atoms with E-state index in [1.165, 1.54) is 0 Å². The van der Waals surface area contributed by atoms with Crippen LogP contribution < -0.4 is 5.73 Å². The Kier molecular flexibility index (Phi) is 2.31. The van der Waals surface area contributed by atoms with Crippen LogP contribution in [0.3, 0.4) is 0 Å². The lowest BCUT2D eigenvalue weighted by Gasteiger charge is -2.14. The summed E-state index contributed by atoms with van der Waals surface area (Å²) in [6, 6.07) is 1.84. The van der Waals surface area contributed by atoms with Crippen LogP contribution >= 0.6 is 0 Å². The molecule has 1 aromatic carbocycles. The molecule has 86 valence electrons.